The number of hydrogen-bond acceptors (Lipinski definition) is 5. The average molecular weight is 221 g/mol. The lowest BCUT2D eigenvalue weighted by Crippen LogP contribution is -2.34. The Morgan fingerprint density at radius 3 is 2.80 bits per heavy atom. The van der Waals surface area contributed by atoms with Gasteiger partial charge < -0.3 is 10.0 Å². The summed E-state index contributed by atoms with van der Waals surface area (Å²) in [6.45, 7) is 3.53. The molecule has 5 nitrogen and oxygen atoms in total. The second-order valence-electron chi connectivity index (χ2n) is 2.79. The first-order valence-electron chi connectivity index (χ1n) is 4.20. The Labute approximate surface area is 90.5 Å². The highest BCUT2D eigenvalue weighted by Gasteiger charge is 2.19. The van der Waals surface area contributed by atoms with Gasteiger partial charge >= 0.3 is 7.12 Å². The van der Waals surface area contributed by atoms with Gasteiger partial charge in [0.2, 0.25) is 0 Å². The van der Waals surface area contributed by atoms with Crippen molar-refractivity contribution in [2.75, 3.05) is 0 Å². The summed E-state index contributed by atoms with van der Waals surface area (Å²) in [5, 5.41) is 24.8. The van der Waals surface area contributed by atoms with E-state index in [1.54, 1.807) is 12.3 Å². The summed E-state index contributed by atoms with van der Waals surface area (Å²) < 4.78 is 1.32. The van der Waals surface area contributed by atoms with E-state index in [0.29, 0.717) is 5.69 Å². The normalized spacial score (nSPS) is 10.3. The van der Waals surface area contributed by atoms with Crippen molar-refractivity contribution in [2.45, 2.75) is 0 Å². The van der Waals surface area contributed by atoms with Crippen molar-refractivity contribution in [1.29, 1.82) is 0 Å². The van der Waals surface area contributed by atoms with Gasteiger partial charge in [-0.15, -0.1) is 11.3 Å². The first kappa shape index (κ1) is 10.1. The van der Waals surface area contributed by atoms with Gasteiger partial charge in [0, 0.05) is 17.8 Å². The fourth-order valence-corrected chi connectivity index (χ4v) is 1.80. The number of nitrogens with zero attached hydrogens (tertiary/aromatic N) is 3. The molecule has 2 aromatic rings. The molecule has 0 aliphatic carbocycles. The predicted molar refractivity (Wildman–Crippen MR) is 59.5 cm³/mol. The second-order valence-corrected chi connectivity index (χ2v) is 3.69. The summed E-state index contributed by atoms with van der Waals surface area (Å²) >= 11 is 1.44. The fraction of sp³-hybridized carbons (Fsp3) is 0. The van der Waals surface area contributed by atoms with Crippen molar-refractivity contribution in [3.05, 3.63) is 24.2 Å². The number of rotatable bonds is 3. The minimum atomic E-state index is -1.57. The molecule has 0 aliphatic heterocycles. The molecule has 0 aromatic carbocycles. The zero-order chi connectivity index (χ0) is 10.8. The van der Waals surface area contributed by atoms with E-state index in [0.717, 1.165) is 5.01 Å². The first-order valence-corrected chi connectivity index (χ1v) is 5.08. The molecule has 7 heteroatoms. The monoisotopic (exact) mass is 221 g/mol. The van der Waals surface area contributed by atoms with E-state index in [1.165, 1.54) is 22.2 Å². The van der Waals surface area contributed by atoms with E-state index < -0.39 is 7.12 Å². The predicted octanol–water partition coefficient (Wildman–Crippen LogP) is -0.213. The lowest BCUT2D eigenvalue weighted by Gasteiger charge is -1.97. The summed E-state index contributed by atoms with van der Waals surface area (Å²) in [6.07, 6.45) is 3.08. The van der Waals surface area contributed by atoms with Gasteiger partial charge in [-0.3, -0.25) is 0 Å². The Balaban J connectivity index is 2.48. The lowest BCUT2D eigenvalue weighted by molar-refractivity contribution is 0.423. The van der Waals surface area contributed by atoms with Crippen molar-refractivity contribution in [2.24, 2.45) is 0 Å². The molecule has 2 N–H and O–H groups in total. The van der Waals surface area contributed by atoms with E-state index in [2.05, 4.69) is 16.7 Å². The van der Waals surface area contributed by atoms with Gasteiger partial charge in [0.25, 0.3) is 0 Å². The molecule has 2 heterocycles. The molecule has 0 atom stereocenters. The van der Waals surface area contributed by atoms with Crippen LogP contribution in [0.15, 0.2) is 24.2 Å². The van der Waals surface area contributed by atoms with Crippen molar-refractivity contribution in [3.63, 3.8) is 0 Å². The molecular weight excluding hydrogens is 213 g/mol. The van der Waals surface area contributed by atoms with Crippen LogP contribution in [0.5, 0.6) is 0 Å². The van der Waals surface area contributed by atoms with Crippen LogP contribution in [0.4, 0.5) is 0 Å². The summed E-state index contributed by atoms with van der Waals surface area (Å²) in [6, 6.07) is 1.57. The average Bonchev–Trinajstić information content (AvgIpc) is 2.86. The molecular formula is C8H8BN3O2S. The van der Waals surface area contributed by atoms with Crippen LogP contribution in [0.3, 0.4) is 0 Å². The van der Waals surface area contributed by atoms with Gasteiger partial charge in [0.1, 0.15) is 10.7 Å². The zero-order valence-electron chi connectivity index (χ0n) is 7.74. The van der Waals surface area contributed by atoms with Crippen molar-refractivity contribution < 1.29 is 10.0 Å². The Morgan fingerprint density at radius 1 is 1.53 bits per heavy atom. The van der Waals surface area contributed by atoms with Gasteiger partial charge in [-0.05, 0) is 6.07 Å². The molecule has 0 aliphatic rings. The Hall–Kier alpha value is -1.44. The van der Waals surface area contributed by atoms with Crippen LogP contribution >= 0.6 is 11.3 Å². The Morgan fingerprint density at radius 2 is 2.33 bits per heavy atom. The maximum atomic E-state index is 9.08. The van der Waals surface area contributed by atoms with Gasteiger partial charge in [-0.1, -0.05) is 6.58 Å². The number of thiazole rings is 1. The molecule has 76 valence electrons. The molecule has 2 rings (SSSR count). The fourth-order valence-electron chi connectivity index (χ4n) is 1.20. The smallest absolute Gasteiger partial charge is 0.422 e. The van der Waals surface area contributed by atoms with E-state index in [4.69, 9.17) is 10.0 Å². The molecule has 0 spiro atoms. The largest absolute Gasteiger partial charge is 0.508 e. The Kier molecular flexibility index (Phi) is 2.67. The van der Waals surface area contributed by atoms with Crippen LogP contribution in [0.1, 0.15) is 0 Å². The summed E-state index contributed by atoms with van der Waals surface area (Å²) in [5.74, 6) is 0. The summed E-state index contributed by atoms with van der Waals surface area (Å²) in [7, 11) is -1.57. The van der Waals surface area contributed by atoms with Gasteiger partial charge in [0.15, 0.2) is 0 Å². The third-order valence-corrected chi connectivity index (χ3v) is 2.65. The minimum Gasteiger partial charge on any atom is -0.422 e. The molecule has 0 radical (unpaired) electrons. The third-order valence-electron chi connectivity index (χ3n) is 1.85. The van der Waals surface area contributed by atoms with E-state index in [-0.39, 0.29) is 5.59 Å². The van der Waals surface area contributed by atoms with Gasteiger partial charge in [-0.25, -0.2) is 9.67 Å². The molecule has 2 aromatic heterocycles. The molecule has 0 saturated heterocycles. The molecule has 0 unspecified atom stereocenters. The van der Waals surface area contributed by atoms with Crippen molar-refractivity contribution >= 4 is 30.2 Å². The highest BCUT2D eigenvalue weighted by atomic mass is 32.1. The summed E-state index contributed by atoms with van der Waals surface area (Å²) in [4.78, 5) is 4.08. The van der Waals surface area contributed by atoms with Crippen LogP contribution in [-0.4, -0.2) is 31.9 Å². The third kappa shape index (κ3) is 1.85. The van der Waals surface area contributed by atoms with Crippen LogP contribution in [0.2, 0.25) is 0 Å². The molecule has 0 fully saturated rings. The molecule has 0 amide bonds. The maximum Gasteiger partial charge on any atom is 0.508 e. The van der Waals surface area contributed by atoms with Crippen LogP contribution in [0.25, 0.3) is 16.9 Å². The van der Waals surface area contributed by atoms with Gasteiger partial charge in [-0.2, -0.15) is 5.10 Å². The highest BCUT2D eigenvalue weighted by Crippen LogP contribution is 2.18. The highest BCUT2D eigenvalue weighted by molar-refractivity contribution is 7.13. The standard InChI is InChI=1S/C8H8BN3O2S/c1-2-12-7(9(13)14)5-6(11-12)8-10-3-4-15-8/h2-5,13-14H,1H2. The number of aromatic nitrogens is 3. The Bertz CT molecular complexity index is 466. The van der Waals surface area contributed by atoms with Crippen LogP contribution in [0, 0.1) is 0 Å². The maximum absolute atomic E-state index is 9.08. The van der Waals surface area contributed by atoms with E-state index in [1.807, 2.05) is 5.38 Å². The second kappa shape index (κ2) is 3.97. The lowest BCUT2D eigenvalue weighted by atomic mass is 9.86. The minimum absolute atomic E-state index is 0.273. The van der Waals surface area contributed by atoms with Crippen molar-refractivity contribution in [3.8, 4) is 10.7 Å². The first-order chi connectivity index (χ1) is 7.22. The van der Waals surface area contributed by atoms with E-state index >= 15 is 0 Å². The quantitative estimate of drug-likeness (QED) is 0.703. The zero-order valence-corrected chi connectivity index (χ0v) is 8.55. The topological polar surface area (TPSA) is 71.2 Å². The number of hydrogen-bond donors (Lipinski definition) is 2. The molecule has 0 saturated carbocycles. The summed E-state index contributed by atoms with van der Waals surface area (Å²) in [5.41, 5.74) is 0.878. The van der Waals surface area contributed by atoms with Gasteiger partial charge in [0.05, 0.1) is 5.59 Å². The molecule has 15 heavy (non-hydrogen) atoms. The van der Waals surface area contributed by atoms with Crippen LogP contribution < -0.4 is 5.59 Å². The SMILES string of the molecule is C=Cn1nc(-c2nccs2)cc1B(O)O. The van der Waals surface area contributed by atoms with Crippen LogP contribution in [-0.2, 0) is 0 Å². The van der Waals surface area contributed by atoms with E-state index in [9.17, 15) is 0 Å². The van der Waals surface area contributed by atoms with Crippen molar-refractivity contribution in [1.82, 2.24) is 14.8 Å². The molecule has 0 bridgehead atoms.